The van der Waals surface area contributed by atoms with Gasteiger partial charge in [-0.3, -0.25) is 4.79 Å². The maximum atomic E-state index is 11.2. The van der Waals surface area contributed by atoms with Gasteiger partial charge >= 0.3 is 0 Å². The fourth-order valence-electron chi connectivity index (χ4n) is 0.840. The summed E-state index contributed by atoms with van der Waals surface area (Å²) in [6.07, 6.45) is 3.00. The summed E-state index contributed by atoms with van der Waals surface area (Å²) in [4.78, 5) is 11.2. The van der Waals surface area contributed by atoms with E-state index in [4.69, 9.17) is 5.73 Å². The van der Waals surface area contributed by atoms with Crippen LogP contribution in [0.2, 0.25) is 0 Å². The van der Waals surface area contributed by atoms with Crippen molar-refractivity contribution >= 4 is 15.9 Å². The van der Waals surface area contributed by atoms with Crippen LogP contribution in [0.25, 0.3) is 0 Å². The van der Waals surface area contributed by atoms with Gasteiger partial charge in [0.15, 0.2) is 0 Å². The van der Waals surface area contributed by atoms with Crippen molar-refractivity contribution in [3.05, 3.63) is 12.7 Å². The summed E-state index contributed by atoms with van der Waals surface area (Å²) in [6, 6.07) is -0.624. The van der Waals surface area contributed by atoms with Gasteiger partial charge in [0.05, 0.1) is 12.3 Å². The molecule has 0 saturated heterocycles. The number of carbonyl (C=O) groups is 1. The molecule has 6 nitrogen and oxygen atoms in total. The third-order valence-electron chi connectivity index (χ3n) is 1.55. The number of sulfonamides is 1. The van der Waals surface area contributed by atoms with Crippen molar-refractivity contribution in [2.75, 3.05) is 19.3 Å². The highest BCUT2D eigenvalue weighted by atomic mass is 32.2. The van der Waals surface area contributed by atoms with Crippen molar-refractivity contribution in [3.8, 4) is 0 Å². The van der Waals surface area contributed by atoms with Crippen LogP contribution >= 0.6 is 0 Å². The van der Waals surface area contributed by atoms with Crippen molar-refractivity contribution in [3.63, 3.8) is 0 Å². The Hall–Kier alpha value is -0.920. The summed E-state index contributed by atoms with van der Waals surface area (Å²) in [5, 5.41) is 2.50. The van der Waals surface area contributed by atoms with Gasteiger partial charge in [0.1, 0.15) is 0 Å². The molecule has 0 aliphatic carbocycles. The Morgan fingerprint density at radius 1 is 1.53 bits per heavy atom. The number of hydrogen-bond acceptors (Lipinski definition) is 4. The minimum absolute atomic E-state index is 0.158. The van der Waals surface area contributed by atoms with Crippen LogP contribution in [-0.4, -0.2) is 39.7 Å². The van der Waals surface area contributed by atoms with Crippen LogP contribution in [0.15, 0.2) is 12.7 Å². The zero-order valence-corrected chi connectivity index (χ0v) is 9.51. The Morgan fingerprint density at radius 2 is 2.13 bits per heavy atom. The molecule has 0 bridgehead atoms. The summed E-state index contributed by atoms with van der Waals surface area (Å²) in [6.45, 7) is 3.84. The molecular formula is C8H17N3O3S. The Bertz CT molecular complexity index is 313. The molecule has 1 amide bonds. The van der Waals surface area contributed by atoms with Crippen molar-refractivity contribution in [1.82, 2.24) is 10.0 Å². The maximum Gasteiger partial charge on any atom is 0.237 e. The lowest BCUT2D eigenvalue weighted by atomic mass is 10.2. The van der Waals surface area contributed by atoms with E-state index in [9.17, 15) is 13.2 Å². The SMILES string of the molecule is C=CCC(N)C(=O)NCCNS(C)(=O)=O. The number of nitrogens with two attached hydrogens (primary N) is 1. The molecule has 0 rings (SSSR count). The topological polar surface area (TPSA) is 101 Å². The van der Waals surface area contributed by atoms with Gasteiger partial charge in [-0.25, -0.2) is 13.1 Å². The average Bonchev–Trinajstić information content (AvgIpc) is 2.11. The fraction of sp³-hybridized carbons (Fsp3) is 0.625. The highest BCUT2D eigenvalue weighted by Crippen LogP contribution is 1.87. The number of nitrogens with one attached hydrogen (secondary N) is 2. The van der Waals surface area contributed by atoms with E-state index in [-0.39, 0.29) is 19.0 Å². The first-order valence-corrected chi connectivity index (χ1v) is 6.35. The van der Waals surface area contributed by atoms with Crippen molar-refractivity contribution in [1.29, 1.82) is 0 Å². The van der Waals surface area contributed by atoms with Crippen molar-refractivity contribution < 1.29 is 13.2 Å². The van der Waals surface area contributed by atoms with Crippen LogP contribution in [-0.2, 0) is 14.8 Å². The van der Waals surface area contributed by atoms with Gasteiger partial charge in [-0.2, -0.15) is 0 Å². The third-order valence-corrected chi connectivity index (χ3v) is 2.27. The summed E-state index contributed by atoms with van der Waals surface area (Å²) in [5.41, 5.74) is 5.47. The molecule has 0 spiro atoms. The van der Waals surface area contributed by atoms with E-state index in [1.807, 2.05) is 0 Å². The second-order valence-corrected chi connectivity index (χ2v) is 4.92. The van der Waals surface area contributed by atoms with Gasteiger partial charge in [0.2, 0.25) is 15.9 Å². The summed E-state index contributed by atoms with van der Waals surface area (Å²) in [7, 11) is -3.20. The third kappa shape index (κ3) is 8.10. The van der Waals surface area contributed by atoms with E-state index >= 15 is 0 Å². The van der Waals surface area contributed by atoms with E-state index in [2.05, 4.69) is 16.6 Å². The quantitative estimate of drug-likeness (QED) is 0.371. The van der Waals surface area contributed by atoms with Crippen molar-refractivity contribution in [2.24, 2.45) is 5.73 Å². The Morgan fingerprint density at radius 3 is 2.60 bits per heavy atom. The molecule has 0 radical (unpaired) electrons. The van der Waals surface area contributed by atoms with E-state index < -0.39 is 16.1 Å². The first-order chi connectivity index (χ1) is 6.87. The monoisotopic (exact) mass is 235 g/mol. The van der Waals surface area contributed by atoms with Gasteiger partial charge in [-0.1, -0.05) is 6.08 Å². The Labute approximate surface area is 90.0 Å². The first-order valence-electron chi connectivity index (χ1n) is 4.45. The van der Waals surface area contributed by atoms with Gasteiger partial charge in [0, 0.05) is 13.1 Å². The van der Waals surface area contributed by atoms with Crippen LogP contribution < -0.4 is 15.8 Å². The standard InChI is InChI=1S/C8H17N3O3S/c1-3-4-7(9)8(12)10-5-6-11-15(2,13)14/h3,7,11H,1,4-6,9H2,2H3,(H,10,12). The Balaban J connectivity index is 3.68. The average molecular weight is 235 g/mol. The lowest BCUT2D eigenvalue weighted by molar-refractivity contribution is -0.122. The molecule has 7 heteroatoms. The number of amides is 1. The molecule has 4 N–H and O–H groups in total. The normalized spacial score (nSPS) is 13.2. The summed E-state index contributed by atoms with van der Waals surface area (Å²) >= 11 is 0. The van der Waals surface area contributed by atoms with Crippen molar-refractivity contribution in [2.45, 2.75) is 12.5 Å². The molecule has 0 heterocycles. The molecular weight excluding hydrogens is 218 g/mol. The molecule has 0 saturated carbocycles. The predicted molar refractivity (Wildman–Crippen MR) is 58.6 cm³/mol. The van der Waals surface area contributed by atoms with Crippen LogP contribution in [0.4, 0.5) is 0 Å². The highest BCUT2D eigenvalue weighted by molar-refractivity contribution is 7.88. The van der Waals surface area contributed by atoms with Gasteiger partial charge in [-0.15, -0.1) is 6.58 Å². The number of rotatable bonds is 7. The zero-order valence-electron chi connectivity index (χ0n) is 8.69. The summed E-state index contributed by atoms with van der Waals surface area (Å²) < 4.78 is 23.5. The number of carbonyl (C=O) groups excluding carboxylic acids is 1. The van der Waals surface area contributed by atoms with Gasteiger partial charge in [0.25, 0.3) is 0 Å². The first kappa shape index (κ1) is 14.1. The Kier molecular flexibility index (Phi) is 6.14. The second-order valence-electron chi connectivity index (χ2n) is 3.09. The molecule has 1 unspecified atom stereocenters. The molecule has 1 atom stereocenters. The molecule has 88 valence electrons. The van der Waals surface area contributed by atoms with Crippen LogP contribution in [0.1, 0.15) is 6.42 Å². The molecule has 0 aromatic rings. The lowest BCUT2D eigenvalue weighted by Crippen LogP contribution is -2.43. The fourth-order valence-corrected chi connectivity index (χ4v) is 1.31. The molecule has 15 heavy (non-hydrogen) atoms. The van der Waals surface area contributed by atoms with E-state index in [1.165, 1.54) is 0 Å². The van der Waals surface area contributed by atoms with E-state index in [0.717, 1.165) is 6.26 Å². The molecule has 0 aromatic heterocycles. The van der Waals surface area contributed by atoms with Crippen LogP contribution in [0.3, 0.4) is 0 Å². The second kappa shape index (κ2) is 6.54. The van der Waals surface area contributed by atoms with E-state index in [0.29, 0.717) is 6.42 Å². The minimum atomic E-state index is -3.20. The predicted octanol–water partition coefficient (Wildman–Crippen LogP) is -1.44. The zero-order chi connectivity index (χ0) is 11.9. The molecule has 0 aliphatic heterocycles. The highest BCUT2D eigenvalue weighted by Gasteiger charge is 2.10. The summed E-state index contributed by atoms with van der Waals surface area (Å²) in [5.74, 6) is -0.315. The molecule has 0 fully saturated rings. The smallest absolute Gasteiger partial charge is 0.237 e. The van der Waals surface area contributed by atoms with Crippen LogP contribution in [0.5, 0.6) is 0 Å². The molecule has 0 aromatic carbocycles. The van der Waals surface area contributed by atoms with Crippen LogP contribution in [0, 0.1) is 0 Å². The minimum Gasteiger partial charge on any atom is -0.353 e. The lowest BCUT2D eigenvalue weighted by Gasteiger charge is -2.10. The largest absolute Gasteiger partial charge is 0.353 e. The van der Waals surface area contributed by atoms with Gasteiger partial charge < -0.3 is 11.1 Å². The maximum absolute atomic E-state index is 11.2. The van der Waals surface area contributed by atoms with E-state index in [1.54, 1.807) is 6.08 Å². The van der Waals surface area contributed by atoms with Gasteiger partial charge in [-0.05, 0) is 6.42 Å². The number of hydrogen-bond donors (Lipinski definition) is 3. The molecule has 0 aliphatic rings.